The van der Waals surface area contributed by atoms with E-state index in [0.29, 0.717) is 11.1 Å². The van der Waals surface area contributed by atoms with E-state index in [1.807, 2.05) is 30.3 Å². The van der Waals surface area contributed by atoms with Gasteiger partial charge in [0.05, 0.1) is 11.6 Å². The molecule has 1 aromatic heterocycles. The Labute approximate surface area is 116 Å². The fourth-order valence-corrected chi connectivity index (χ4v) is 2.35. The van der Waals surface area contributed by atoms with Crippen LogP contribution >= 0.6 is 0 Å². The molecule has 0 amide bonds. The van der Waals surface area contributed by atoms with Crippen molar-refractivity contribution in [1.82, 2.24) is 4.98 Å². The van der Waals surface area contributed by atoms with Crippen molar-refractivity contribution < 1.29 is 4.42 Å². The molecule has 1 unspecified atom stereocenters. The lowest BCUT2D eigenvalue weighted by atomic mass is 10.0. The molecule has 0 saturated heterocycles. The summed E-state index contributed by atoms with van der Waals surface area (Å²) in [5.74, 6) is -0.424. The van der Waals surface area contributed by atoms with E-state index in [1.165, 1.54) is 5.56 Å². The quantitative estimate of drug-likeness (QED) is 0.758. The molecule has 20 heavy (non-hydrogen) atoms. The molecule has 0 fully saturated rings. The van der Waals surface area contributed by atoms with Gasteiger partial charge in [0.1, 0.15) is 0 Å². The van der Waals surface area contributed by atoms with Gasteiger partial charge in [0.25, 0.3) is 0 Å². The van der Waals surface area contributed by atoms with E-state index in [9.17, 15) is 4.79 Å². The summed E-state index contributed by atoms with van der Waals surface area (Å²) >= 11 is 0. The maximum Gasteiger partial charge on any atom is 0.417 e. The maximum atomic E-state index is 11.2. The summed E-state index contributed by atoms with van der Waals surface area (Å²) in [6.45, 7) is 2.14. The molecule has 0 aliphatic heterocycles. The van der Waals surface area contributed by atoms with E-state index in [-0.39, 0.29) is 6.04 Å². The van der Waals surface area contributed by atoms with Gasteiger partial charge in [0, 0.05) is 5.69 Å². The Morgan fingerprint density at radius 3 is 2.75 bits per heavy atom. The second-order valence-corrected chi connectivity index (χ2v) is 4.74. The standard InChI is InChI=1S/C16H16N2O2/c1-2-13(11-6-4-3-5-7-11)17-12-8-9-15-14(10-12)18-16(19)20-15/h3-10,13,17H,2H2,1H3,(H,18,19). The van der Waals surface area contributed by atoms with Crippen LogP contribution in [0.25, 0.3) is 11.1 Å². The van der Waals surface area contributed by atoms with Crippen LogP contribution in [0.5, 0.6) is 0 Å². The first-order valence-electron chi connectivity index (χ1n) is 6.70. The van der Waals surface area contributed by atoms with E-state index in [2.05, 4.69) is 29.4 Å². The number of benzene rings is 2. The summed E-state index contributed by atoms with van der Waals surface area (Å²) in [5, 5.41) is 3.48. The van der Waals surface area contributed by atoms with Crippen LogP contribution in [0.1, 0.15) is 24.9 Å². The summed E-state index contributed by atoms with van der Waals surface area (Å²) in [7, 11) is 0. The Morgan fingerprint density at radius 2 is 2.00 bits per heavy atom. The molecule has 3 rings (SSSR count). The smallest absolute Gasteiger partial charge is 0.408 e. The lowest BCUT2D eigenvalue weighted by Gasteiger charge is -2.18. The highest BCUT2D eigenvalue weighted by Crippen LogP contribution is 2.24. The molecule has 0 aliphatic rings. The first-order chi connectivity index (χ1) is 9.76. The van der Waals surface area contributed by atoms with E-state index in [4.69, 9.17) is 4.42 Å². The molecule has 2 N–H and O–H groups in total. The molecule has 4 heteroatoms. The maximum absolute atomic E-state index is 11.2. The number of H-pyrrole nitrogens is 1. The molecule has 102 valence electrons. The van der Waals surface area contributed by atoms with E-state index in [0.717, 1.165) is 12.1 Å². The van der Waals surface area contributed by atoms with Crippen LogP contribution in [0.4, 0.5) is 5.69 Å². The van der Waals surface area contributed by atoms with Gasteiger partial charge >= 0.3 is 5.76 Å². The summed E-state index contributed by atoms with van der Waals surface area (Å²) in [5.41, 5.74) is 3.50. The number of anilines is 1. The molecule has 3 aromatic rings. The van der Waals surface area contributed by atoms with Gasteiger partial charge < -0.3 is 9.73 Å². The number of fused-ring (bicyclic) bond motifs is 1. The van der Waals surface area contributed by atoms with Gasteiger partial charge in [-0.1, -0.05) is 37.3 Å². The predicted octanol–water partition coefficient (Wildman–Crippen LogP) is 3.68. The summed E-state index contributed by atoms with van der Waals surface area (Å²) in [4.78, 5) is 13.8. The number of hydrogen-bond acceptors (Lipinski definition) is 3. The van der Waals surface area contributed by atoms with Crippen molar-refractivity contribution >= 4 is 16.8 Å². The minimum Gasteiger partial charge on any atom is -0.408 e. The molecule has 1 heterocycles. The van der Waals surface area contributed by atoms with Crippen LogP contribution in [0, 0.1) is 0 Å². The topological polar surface area (TPSA) is 58.0 Å². The first kappa shape index (κ1) is 12.5. The van der Waals surface area contributed by atoms with Gasteiger partial charge in [-0.2, -0.15) is 0 Å². The fraction of sp³-hybridized carbons (Fsp3) is 0.188. The Morgan fingerprint density at radius 1 is 1.20 bits per heavy atom. The van der Waals surface area contributed by atoms with Gasteiger partial charge in [0.15, 0.2) is 5.58 Å². The molecule has 0 spiro atoms. The minimum atomic E-state index is -0.424. The van der Waals surface area contributed by atoms with Crippen molar-refractivity contribution in [1.29, 1.82) is 0 Å². The highest BCUT2D eigenvalue weighted by molar-refractivity contribution is 5.76. The molecule has 0 bridgehead atoms. The van der Waals surface area contributed by atoms with Crippen molar-refractivity contribution in [2.24, 2.45) is 0 Å². The summed E-state index contributed by atoms with van der Waals surface area (Å²) < 4.78 is 5.00. The molecular formula is C16H16N2O2. The van der Waals surface area contributed by atoms with Crippen molar-refractivity contribution in [3.8, 4) is 0 Å². The van der Waals surface area contributed by atoms with E-state index >= 15 is 0 Å². The van der Waals surface area contributed by atoms with Crippen LogP contribution in [0.15, 0.2) is 57.7 Å². The average Bonchev–Trinajstić information content (AvgIpc) is 2.85. The second kappa shape index (κ2) is 5.25. The van der Waals surface area contributed by atoms with Crippen LogP contribution < -0.4 is 11.1 Å². The molecule has 4 nitrogen and oxygen atoms in total. The highest BCUT2D eigenvalue weighted by Gasteiger charge is 2.09. The average molecular weight is 268 g/mol. The van der Waals surface area contributed by atoms with Crippen LogP contribution in [0.3, 0.4) is 0 Å². The Bertz CT molecular complexity index is 759. The van der Waals surface area contributed by atoms with Gasteiger partial charge in [0.2, 0.25) is 0 Å². The SMILES string of the molecule is CCC(Nc1ccc2oc(=O)[nH]c2c1)c1ccccc1. The zero-order valence-corrected chi connectivity index (χ0v) is 11.2. The zero-order chi connectivity index (χ0) is 13.9. The van der Waals surface area contributed by atoms with Gasteiger partial charge in [-0.25, -0.2) is 4.79 Å². The number of aromatic amines is 1. The molecule has 0 saturated carbocycles. The summed E-state index contributed by atoms with van der Waals surface area (Å²) in [6.07, 6.45) is 0.976. The largest absolute Gasteiger partial charge is 0.417 e. The van der Waals surface area contributed by atoms with Gasteiger partial charge in [-0.15, -0.1) is 0 Å². The van der Waals surface area contributed by atoms with Crippen molar-refractivity contribution in [3.63, 3.8) is 0 Å². The molecule has 0 radical (unpaired) electrons. The van der Waals surface area contributed by atoms with Gasteiger partial charge in [-0.05, 0) is 30.2 Å². The summed E-state index contributed by atoms with van der Waals surface area (Å²) in [6, 6.07) is 16.2. The number of aromatic nitrogens is 1. The van der Waals surface area contributed by atoms with Crippen LogP contribution in [-0.2, 0) is 0 Å². The van der Waals surface area contributed by atoms with Crippen molar-refractivity contribution in [2.75, 3.05) is 5.32 Å². The van der Waals surface area contributed by atoms with Gasteiger partial charge in [-0.3, -0.25) is 4.98 Å². The zero-order valence-electron chi connectivity index (χ0n) is 11.2. The molecule has 0 aliphatic carbocycles. The third-order valence-corrected chi connectivity index (χ3v) is 3.37. The van der Waals surface area contributed by atoms with E-state index < -0.39 is 5.76 Å². The normalized spacial score (nSPS) is 12.4. The van der Waals surface area contributed by atoms with E-state index in [1.54, 1.807) is 6.07 Å². The predicted molar refractivity (Wildman–Crippen MR) is 79.9 cm³/mol. The number of nitrogens with one attached hydrogen (secondary N) is 2. The lowest BCUT2D eigenvalue weighted by Crippen LogP contribution is -2.09. The second-order valence-electron chi connectivity index (χ2n) is 4.74. The lowest BCUT2D eigenvalue weighted by molar-refractivity contribution is 0.555. The Kier molecular flexibility index (Phi) is 3.29. The minimum absolute atomic E-state index is 0.243. The van der Waals surface area contributed by atoms with Crippen LogP contribution in [-0.4, -0.2) is 4.98 Å². The van der Waals surface area contributed by atoms with Crippen LogP contribution in [0.2, 0.25) is 0 Å². The third kappa shape index (κ3) is 2.45. The Balaban J connectivity index is 1.89. The Hall–Kier alpha value is -2.49. The highest BCUT2D eigenvalue weighted by atomic mass is 16.4. The fourth-order valence-electron chi connectivity index (χ4n) is 2.35. The number of oxazole rings is 1. The number of rotatable bonds is 4. The third-order valence-electron chi connectivity index (χ3n) is 3.37. The van der Waals surface area contributed by atoms with Crippen molar-refractivity contribution in [2.45, 2.75) is 19.4 Å². The monoisotopic (exact) mass is 268 g/mol. The number of hydrogen-bond donors (Lipinski definition) is 2. The molecular weight excluding hydrogens is 252 g/mol. The molecule has 2 aromatic carbocycles. The molecule has 1 atom stereocenters. The first-order valence-corrected chi connectivity index (χ1v) is 6.70. The van der Waals surface area contributed by atoms with Crippen molar-refractivity contribution in [3.05, 3.63) is 64.6 Å².